The SMILES string of the molecule is CCOc1ccc(C(=O)Nc2nc3c(s2)CN(C)CC3)cc1.Cl. The van der Waals surface area contributed by atoms with Gasteiger partial charge in [-0.3, -0.25) is 10.1 Å². The van der Waals surface area contributed by atoms with Crippen molar-refractivity contribution in [3.63, 3.8) is 0 Å². The molecule has 0 unspecified atom stereocenters. The number of anilines is 1. The first kappa shape index (κ1) is 17.7. The summed E-state index contributed by atoms with van der Waals surface area (Å²) in [7, 11) is 2.10. The topological polar surface area (TPSA) is 54.5 Å². The zero-order chi connectivity index (χ0) is 15.5. The molecule has 23 heavy (non-hydrogen) atoms. The predicted molar refractivity (Wildman–Crippen MR) is 95.0 cm³/mol. The van der Waals surface area contributed by atoms with Crippen molar-refractivity contribution in [2.45, 2.75) is 19.9 Å². The number of nitrogens with one attached hydrogen (secondary N) is 1. The number of nitrogens with zero attached hydrogens (tertiary/aromatic N) is 2. The van der Waals surface area contributed by atoms with Gasteiger partial charge in [0.2, 0.25) is 0 Å². The van der Waals surface area contributed by atoms with Crippen LogP contribution in [0.1, 0.15) is 27.9 Å². The molecule has 0 bridgehead atoms. The molecule has 3 rings (SSSR count). The van der Waals surface area contributed by atoms with Gasteiger partial charge < -0.3 is 9.64 Å². The van der Waals surface area contributed by atoms with Crippen LogP contribution in [0.5, 0.6) is 5.75 Å². The normalized spacial score (nSPS) is 13.8. The molecule has 0 saturated heterocycles. The number of halogens is 1. The molecule has 7 heteroatoms. The van der Waals surface area contributed by atoms with Gasteiger partial charge >= 0.3 is 0 Å². The van der Waals surface area contributed by atoms with Gasteiger partial charge in [-0.25, -0.2) is 4.98 Å². The molecular weight excluding hydrogens is 334 g/mol. The van der Waals surface area contributed by atoms with Gasteiger partial charge in [0, 0.05) is 30.0 Å². The number of carbonyl (C=O) groups excluding carboxylic acids is 1. The molecule has 1 aromatic carbocycles. The van der Waals surface area contributed by atoms with E-state index in [1.54, 1.807) is 35.6 Å². The number of rotatable bonds is 4. The van der Waals surface area contributed by atoms with Crippen molar-refractivity contribution >= 4 is 34.8 Å². The number of thiazole rings is 1. The maximum Gasteiger partial charge on any atom is 0.257 e. The van der Waals surface area contributed by atoms with Gasteiger partial charge in [0.05, 0.1) is 12.3 Å². The van der Waals surface area contributed by atoms with E-state index in [1.807, 2.05) is 6.92 Å². The number of hydrogen-bond donors (Lipinski definition) is 1. The monoisotopic (exact) mass is 353 g/mol. The van der Waals surface area contributed by atoms with Gasteiger partial charge in [0.15, 0.2) is 5.13 Å². The van der Waals surface area contributed by atoms with Gasteiger partial charge in [-0.2, -0.15) is 0 Å². The third-order valence-corrected chi connectivity index (χ3v) is 4.57. The molecule has 1 N–H and O–H groups in total. The minimum Gasteiger partial charge on any atom is -0.494 e. The summed E-state index contributed by atoms with van der Waals surface area (Å²) in [5, 5.41) is 3.57. The maximum absolute atomic E-state index is 12.3. The van der Waals surface area contributed by atoms with Crippen LogP contribution in [-0.4, -0.2) is 36.0 Å². The van der Waals surface area contributed by atoms with E-state index in [1.165, 1.54) is 4.88 Å². The van der Waals surface area contributed by atoms with Crippen LogP contribution >= 0.6 is 23.7 Å². The standard InChI is InChI=1S/C16H19N3O2S.ClH/c1-3-21-12-6-4-11(5-7-12)15(20)18-16-17-13-8-9-19(2)10-14(13)22-16;/h4-7H,3,8-10H2,1-2H3,(H,17,18,20);1H. The summed E-state index contributed by atoms with van der Waals surface area (Å²) < 4.78 is 5.38. The Morgan fingerprint density at radius 1 is 1.39 bits per heavy atom. The second kappa shape index (κ2) is 7.77. The number of ether oxygens (including phenoxy) is 1. The minimum absolute atomic E-state index is 0. The van der Waals surface area contributed by atoms with Crippen LogP contribution in [0.25, 0.3) is 0 Å². The molecule has 1 aliphatic heterocycles. The van der Waals surface area contributed by atoms with Crippen LogP contribution in [0.15, 0.2) is 24.3 Å². The van der Waals surface area contributed by atoms with E-state index in [-0.39, 0.29) is 18.3 Å². The molecule has 0 saturated carbocycles. The molecule has 1 amide bonds. The van der Waals surface area contributed by atoms with Crippen LogP contribution in [0, 0.1) is 0 Å². The average Bonchev–Trinajstić information content (AvgIpc) is 2.89. The van der Waals surface area contributed by atoms with E-state index in [4.69, 9.17) is 4.74 Å². The summed E-state index contributed by atoms with van der Waals surface area (Å²) in [5.41, 5.74) is 1.72. The highest BCUT2D eigenvalue weighted by atomic mass is 35.5. The molecular formula is C16H20ClN3O2S. The van der Waals surface area contributed by atoms with Gasteiger partial charge in [-0.05, 0) is 38.2 Å². The molecule has 0 radical (unpaired) electrons. The molecule has 1 aromatic heterocycles. The molecule has 2 heterocycles. The molecule has 0 spiro atoms. The Morgan fingerprint density at radius 3 is 2.83 bits per heavy atom. The number of benzene rings is 1. The predicted octanol–water partition coefficient (Wildman–Crippen LogP) is 3.20. The second-order valence-electron chi connectivity index (χ2n) is 5.29. The summed E-state index contributed by atoms with van der Waals surface area (Å²) in [6.07, 6.45) is 0.946. The Labute approximate surface area is 146 Å². The fourth-order valence-corrected chi connectivity index (χ4v) is 3.50. The lowest BCUT2D eigenvalue weighted by Crippen LogP contribution is -2.25. The van der Waals surface area contributed by atoms with E-state index in [2.05, 4.69) is 22.2 Å². The summed E-state index contributed by atoms with van der Waals surface area (Å²) in [6.45, 7) is 4.47. The van der Waals surface area contributed by atoms with Crippen LogP contribution in [0.3, 0.4) is 0 Å². The first-order chi connectivity index (χ1) is 10.7. The molecule has 5 nitrogen and oxygen atoms in total. The Balaban J connectivity index is 0.00000192. The molecule has 0 atom stereocenters. The lowest BCUT2D eigenvalue weighted by Gasteiger charge is -2.20. The Hall–Kier alpha value is -1.63. The van der Waals surface area contributed by atoms with Crippen molar-refractivity contribution in [2.75, 3.05) is 25.5 Å². The molecule has 0 aliphatic carbocycles. The number of fused-ring (bicyclic) bond motifs is 1. The quantitative estimate of drug-likeness (QED) is 0.917. The first-order valence-electron chi connectivity index (χ1n) is 7.37. The summed E-state index contributed by atoms with van der Waals surface area (Å²) in [6, 6.07) is 7.14. The van der Waals surface area contributed by atoms with Gasteiger partial charge in [0.25, 0.3) is 5.91 Å². The van der Waals surface area contributed by atoms with Crippen molar-refractivity contribution in [3.05, 3.63) is 40.4 Å². The molecule has 0 fully saturated rings. The van der Waals surface area contributed by atoms with Gasteiger partial charge in [0.1, 0.15) is 5.75 Å². The van der Waals surface area contributed by atoms with Gasteiger partial charge in [-0.1, -0.05) is 0 Å². The lowest BCUT2D eigenvalue weighted by atomic mass is 10.2. The number of aromatic nitrogens is 1. The van der Waals surface area contributed by atoms with Crippen molar-refractivity contribution in [3.8, 4) is 5.75 Å². The number of likely N-dealkylation sites (N-methyl/N-ethyl adjacent to an activating group) is 1. The highest BCUT2D eigenvalue weighted by Crippen LogP contribution is 2.28. The van der Waals surface area contributed by atoms with Crippen molar-refractivity contribution in [1.82, 2.24) is 9.88 Å². The van der Waals surface area contributed by atoms with E-state index in [0.717, 1.165) is 31.0 Å². The highest BCUT2D eigenvalue weighted by molar-refractivity contribution is 7.15. The smallest absolute Gasteiger partial charge is 0.257 e. The largest absolute Gasteiger partial charge is 0.494 e. The van der Waals surface area contributed by atoms with Gasteiger partial charge in [-0.15, -0.1) is 23.7 Å². The third kappa shape index (κ3) is 4.22. The van der Waals surface area contributed by atoms with E-state index in [9.17, 15) is 4.79 Å². The van der Waals surface area contributed by atoms with E-state index >= 15 is 0 Å². The number of carbonyl (C=O) groups is 1. The Bertz CT molecular complexity index is 672. The summed E-state index contributed by atoms with van der Waals surface area (Å²) in [4.78, 5) is 20.3. The fourth-order valence-electron chi connectivity index (χ4n) is 2.42. The average molecular weight is 354 g/mol. The minimum atomic E-state index is -0.137. The van der Waals surface area contributed by atoms with Crippen molar-refractivity contribution < 1.29 is 9.53 Å². The van der Waals surface area contributed by atoms with E-state index in [0.29, 0.717) is 17.3 Å². The first-order valence-corrected chi connectivity index (χ1v) is 8.18. The van der Waals surface area contributed by atoms with Crippen LogP contribution in [0.2, 0.25) is 0 Å². The zero-order valence-electron chi connectivity index (χ0n) is 13.2. The Kier molecular flexibility index (Phi) is 5.98. The van der Waals surface area contributed by atoms with Crippen LogP contribution in [0.4, 0.5) is 5.13 Å². The maximum atomic E-state index is 12.3. The number of hydrogen-bond acceptors (Lipinski definition) is 5. The molecule has 1 aliphatic rings. The third-order valence-electron chi connectivity index (χ3n) is 3.57. The second-order valence-corrected chi connectivity index (χ2v) is 6.37. The van der Waals surface area contributed by atoms with Crippen molar-refractivity contribution in [1.29, 1.82) is 0 Å². The summed E-state index contributed by atoms with van der Waals surface area (Å²) in [5.74, 6) is 0.634. The number of amides is 1. The Morgan fingerprint density at radius 2 is 2.13 bits per heavy atom. The van der Waals surface area contributed by atoms with Crippen LogP contribution in [-0.2, 0) is 13.0 Å². The lowest BCUT2D eigenvalue weighted by molar-refractivity contribution is 0.102. The fraction of sp³-hybridized carbons (Fsp3) is 0.375. The van der Waals surface area contributed by atoms with Crippen molar-refractivity contribution in [2.24, 2.45) is 0 Å². The molecule has 2 aromatic rings. The van der Waals surface area contributed by atoms with E-state index < -0.39 is 0 Å². The molecule has 124 valence electrons. The van der Waals surface area contributed by atoms with Crippen LogP contribution < -0.4 is 10.1 Å². The highest BCUT2D eigenvalue weighted by Gasteiger charge is 2.19. The summed E-state index contributed by atoms with van der Waals surface area (Å²) >= 11 is 1.56. The zero-order valence-corrected chi connectivity index (χ0v) is 14.8.